The standard InChI is InChI=1S/C14H16FNO3S/c1-20-9-8-12(14(18)19)16-13(17)7-6-10-4-2-3-5-11(10)15/h2-7,12H,8-9H2,1H3,(H,16,17)(H,18,19)/b7-6+. The lowest BCUT2D eigenvalue weighted by Gasteiger charge is -2.12. The molecule has 0 spiro atoms. The number of carbonyl (C=O) groups excluding carboxylic acids is 1. The maximum atomic E-state index is 13.3. The number of halogens is 1. The second kappa shape index (κ2) is 8.37. The Labute approximate surface area is 121 Å². The van der Waals surface area contributed by atoms with Crippen LogP contribution in [0.3, 0.4) is 0 Å². The van der Waals surface area contributed by atoms with E-state index >= 15 is 0 Å². The molecular formula is C14H16FNO3S. The normalized spacial score (nSPS) is 12.3. The van der Waals surface area contributed by atoms with Crippen LogP contribution in [0.5, 0.6) is 0 Å². The monoisotopic (exact) mass is 297 g/mol. The number of carboxylic acids is 1. The average molecular weight is 297 g/mol. The summed E-state index contributed by atoms with van der Waals surface area (Å²) in [6, 6.07) is 5.09. The van der Waals surface area contributed by atoms with Crippen molar-refractivity contribution in [2.75, 3.05) is 12.0 Å². The molecule has 0 bridgehead atoms. The molecule has 1 aromatic carbocycles. The molecule has 1 unspecified atom stereocenters. The highest BCUT2D eigenvalue weighted by molar-refractivity contribution is 7.98. The van der Waals surface area contributed by atoms with Gasteiger partial charge >= 0.3 is 5.97 Å². The number of thioether (sulfide) groups is 1. The molecule has 108 valence electrons. The topological polar surface area (TPSA) is 66.4 Å². The Morgan fingerprint density at radius 2 is 2.15 bits per heavy atom. The second-order valence-electron chi connectivity index (χ2n) is 4.04. The maximum absolute atomic E-state index is 13.3. The minimum atomic E-state index is -1.08. The molecule has 1 atom stereocenters. The first-order valence-corrected chi connectivity index (χ1v) is 7.39. The minimum Gasteiger partial charge on any atom is -0.480 e. The van der Waals surface area contributed by atoms with E-state index in [2.05, 4.69) is 5.32 Å². The van der Waals surface area contributed by atoms with E-state index in [-0.39, 0.29) is 5.56 Å². The van der Waals surface area contributed by atoms with Gasteiger partial charge in [-0.3, -0.25) is 4.79 Å². The van der Waals surface area contributed by atoms with E-state index in [1.165, 1.54) is 30.0 Å². The van der Waals surface area contributed by atoms with E-state index in [0.29, 0.717) is 12.2 Å². The third-order valence-electron chi connectivity index (χ3n) is 2.54. The lowest BCUT2D eigenvalue weighted by Crippen LogP contribution is -2.40. The Bertz CT molecular complexity index is 505. The van der Waals surface area contributed by atoms with Crippen molar-refractivity contribution in [3.05, 3.63) is 41.7 Å². The van der Waals surface area contributed by atoms with Crippen molar-refractivity contribution < 1.29 is 19.1 Å². The molecular weight excluding hydrogens is 281 g/mol. The van der Waals surface area contributed by atoms with Crippen LogP contribution in [0, 0.1) is 5.82 Å². The summed E-state index contributed by atoms with van der Waals surface area (Å²) in [7, 11) is 0. The molecule has 2 N–H and O–H groups in total. The zero-order valence-corrected chi connectivity index (χ0v) is 11.8. The summed E-state index contributed by atoms with van der Waals surface area (Å²) < 4.78 is 13.3. The molecule has 0 saturated heterocycles. The van der Waals surface area contributed by atoms with Gasteiger partial charge in [-0.1, -0.05) is 18.2 Å². The van der Waals surface area contributed by atoms with E-state index in [1.807, 2.05) is 6.26 Å². The third kappa shape index (κ3) is 5.44. The first kappa shape index (κ1) is 16.2. The molecule has 6 heteroatoms. The lowest BCUT2D eigenvalue weighted by molar-refractivity contribution is -0.141. The van der Waals surface area contributed by atoms with Gasteiger partial charge in [0.05, 0.1) is 0 Å². The Kier molecular flexibility index (Phi) is 6.79. The van der Waals surface area contributed by atoms with E-state index in [9.17, 15) is 14.0 Å². The molecule has 0 aliphatic carbocycles. The number of amides is 1. The van der Waals surface area contributed by atoms with Crippen LogP contribution in [0.1, 0.15) is 12.0 Å². The predicted molar refractivity (Wildman–Crippen MR) is 78.0 cm³/mol. The fourth-order valence-electron chi connectivity index (χ4n) is 1.49. The van der Waals surface area contributed by atoms with Crippen LogP contribution >= 0.6 is 11.8 Å². The first-order valence-electron chi connectivity index (χ1n) is 5.99. The molecule has 1 amide bonds. The molecule has 4 nitrogen and oxygen atoms in total. The number of benzene rings is 1. The Balaban J connectivity index is 2.61. The van der Waals surface area contributed by atoms with Gasteiger partial charge in [0.1, 0.15) is 11.9 Å². The van der Waals surface area contributed by atoms with E-state index in [4.69, 9.17) is 5.11 Å². The molecule has 0 fully saturated rings. The number of nitrogens with one attached hydrogen (secondary N) is 1. The van der Waals surface area contributed by atoms with Crippen molar-refractivity contribution in [2.45, 2.75) is 12.5 Å². The predicted octanol–water partition coefficient (Wildman–Crippen LogP) is 2.16. The minimum absolute atomic E-state index is 0.277. The van der Waals surface area contributed by atoms with Crippen molar-refractivity contribution in [3.63, 3.8) is 0 Å². The summed E-state index contributed by atoms with van der Waals surface area (Å²) in [5, 5.41) is 11.3. The molecule has 20 heavy (non-hydrogen) atoms. The molecule has 1 rings (SSSR count). The number of hydrogen-bond donors (Lipinski definition) is 2. The van der Waals surface area contributed by atoms with Crippen molar-refractivity contribution in [2.24, 2.45) is 0 Å². The van der Waals surface area contributed by atoms with Crippen molar-refractivity contribution >= 4 is 29.7 Å². The van der Waals surface area contributed by atoms with Gasteiger partial charge in [-0.2, -0.15) is 11.8 Å². The highest BCUT2D eigenvalue weighted by Gasteiger charge is 2.17. The molecule has 0 heterocycles. The summed E-state index contributed by atoms with van der Waals surface area (Å²) in [5.41, 5.74) is 0.277. The zero-order chi connectivity index (χ0) is 15.0. The average Bonchev–Trinajstić information content (AvgIpc) is 2.42. The number of rotatable bonds is 7. The Morgan fingerprint density at radius 3 is 2.75 bits per heavy atom. The zero-order valence-electron chi connectivity index (χ0n) is 11.0. The van der Waals surface area contributed by atoms with Gasteiger partial charge in [0, 0.05) is 11.6 Å². The number of carbonyl (C=O) groups is 2. The van der Waals surface area contributed by atoms with Gasteiger partial charge in [0.15, 0.2) is 0 Å². The van der Waals surface area contributed by atoms with Crippen LogP contribution in [-0.4, -0.2) is 35.0 Å². The van der Waals surface area contributed by atoms with Gasteiger partial charge in [-0.05, 0) is 30.6 Å². The Morgan fingerprint density at radius 1 is 1.45 bits per heavy atom. The van der Waals surface area contributed by atoms with Crippen LogP contribution in [0.15, 0.2) is 30.3 Å². The fourth-order valence-corrected chi connectivity index (χ4v) is 1.96. The van der Waals surface area contributed by atoms with Gasteiger partial charge in [-0.25, -0.2) is 9.18 Å². The number of carboxylic acid groups (broad SMARTS) is 1. The fraction of sp³-hybridized carbons (Fsp3) is 0.286. The van der Waals surface area contributed by atoms with Crippen molar-refractivity contribution in [3.8, 4) is 0 Å². The van der Waals surface area contributed by atoms with Crippen molar-refractivity contribution in [1.82, 2.24) is 5.32 Å². The van der Waals surface area contributed by atoms with Crippen LogP contribution in [0.25, 0.3) is 6.08 Å². The van der Waals surface area contributed by atoms with Crippen molar-refractivity contribution in [1.29, 1.82) is 0 Å². The molecule has 0 radical (unpaired) electrons. The molecule has 0 aliphatic rings. The van der Waals surface area contributed by atoms with Crippen LogP contribution in [-0.2, 0) is 9.59 Å². The first-order chi connectivity index (χ1) is 9.54. The van der Waals surface area contributed by atoms with E-state index in [1.54, 1.807) is 12.1 Å². The van der Waals surface area contributed by atoms with E-state index < -0.39 is 23.7 Å². The van der Waals surface area contributed by atoms with Gasteiger partial charge in [0.2, 0.25) is 5.91 Å². The van der Waals surface area contributed by atoms with E-state index in [0.717, 1.165) is 6.08 Å². The third-order valence-corrected chi connectivity index (χ3v) is 3.19. The SMILES string of the molecule is CSCCC(NC(=O)/C=C/c1ccccc1F)C(=O)O. The van der Waals surface area contributed by atoms with Crippen LogP contribution in [0.2, 0.25) is 0 Å². The number of hydrogen-bond acceptors (Lipinski definition) is 3. The molecule has 0 aromatic heterocycles. The Hall–Kier alpha value is -1.82. The smallest absolute Gasteiger partial charge is 0.326 e. The largest absolute Gasteiger partial charge is 0.480 e. The second-order valence-corrected chi connectivity index (χ2v) is 5.02. The quantitative estimate of drug-likeness (QED) is 0.757. The summed E-state index contributed by atoms with van der Waals surface area (Å²) in [6.07, 6.45) is 4.65. The maximum Gasteiger partial charge on any atom is 0.326 e. The highest BCUT2D eigenvalue weighted by Crippen LogP contribution is 2.08. The summed E-state index contributed by atoms with van der Waals surface area (Å²) in [6.45, 7) is 0. The van der Waals surface area contributed by atoms with Crippen LogP contribution < -0.4 is 5.32 Å². The van der Waals surface area contributed by atoms with Gasteiger partial charge in [0.25, 0.3) is 0 Å². The molecule has 0 aliphatic heterocycles. The summed E-state index contributed by atoms with van der Waals surface area (Å²) in [4.78, 5) is 22.6. The molecule has 0 saturated carbocycles. The number of aliphatic carboxylic acids is 1. The lowest BCUT2D eigenvalue weighted by atomic mass is 10.2. The summed E-state index contributed by atoms with van der Waals surface area (Å²) >= 11 is 1.50. The van der Waals surface area contributed by atoms with Gasteiger partial charge in [-0.15, -0.1) is 0 Å². The van der Waals surface area contributed by atoms with Crippen LogP contribution in [0.4, 0.5) is 4.39 Å². The summed E-state index contributed by atoms with van der Waals surface area (Å²) in [5.74, 6) is -1.43. The van der Waals surface area contributed by atoms with Gasteiger partial charge < -0.3 is 10.4 Å². The highest BCUT2D eigenvalue weighted by atomic mass is 32.2. The molecule has 1 aromatic rings.